The second-order valence-corrected chi connectivity index (χ2v) is 4.16. The molecule has 1 atom stereocenters. The molecule has 0 saturated heterocycles. The van der Waals surface area contributed by atoms with Crippen LogP contribution in [-0.4, -0.2) is 35.7 Å². The Morgan fingerprint density at radius 3 is 2.31 bits per heavy atom. The summed E-state index contributed by atoms with van der Waals surface area (Å²) in [6, 6.07) is 10.2. The van der Waals surface area contributed by atoms with Gasteiger partial charge >= 0.3 is 0 Å². The Morgan fingerprint density at radius 2 is 1.75 bits per heavy atom. The lowest BCUT2D eigenvalue weighted by molar-refractivity contribution is 0.143. The van der Waals surface area contributed by atoms with Crippen LogP contribution >= 0.6 is 0 Å². The normalized spacial score (nSPS) is 13.0. The first-order valence-electron chi connectivity index (χ1n) is 6.20. The van der Waals surface area contributed by atoms with E-state index in [1.54, 1.807) is 0 Å². The first kappa shape index (κ1) is 13.2. The molecule has 0 saturated carbocycles. The number of rotatable bonds is 7. The van der Waals surface area contributed by atoms with E-state index in [0.29, 0.717) is 0 Å². The molecule has 0 spiro atoms. The van der Waals surface area contributed by atoms with Crippen molar-refractivity contribution in [3.63, 3.8) is 0 Å². The quantitative estimate of drug-likeness (QED) is 0.764. The summed E-state index contributed by atoms with van der Waals surface area (Å²) >= 11 is 0. The molecular weight excluding hydrogens is 198 g/mol. The first-order valence-corrected chi connectivity index (χ1v) is 6.20. The monoisotopic (exact) mass is 221 g/mol. The lowest BCUT2D eigenvalue weighted by atomic mass is 10.1. The molecule has 0 bridgehead atoms. The first-order chi connectivity index (χ1) is 7.76. The highest BCUT2D eigenvalue weighted by atomic mass is 16.3. The molecule has 1 unspecified atom stereocenters. The molecule has 0 aromatic heterocycles. The van der Waals surface area contributed by atoms with Crippen LogP contribution in [0.2, 0.25) is 0 Å². The van der Waals surface area contributed by atoms with Gasteiger partial charge in [-0.1, -0.05) is 44.2 Å². The van der Waals surface area contributed by atoms with Crippen molar-refractivity contribution >= 4 is 0 Å². The molecule has 0 aliphatic heterocycles. The largest absolute Gasteiger partial charge is 0.393 e. The summed E-state index contributed by atoms with van der Waals surface area (Å²) in [6.45, 7) is 7.43. The van der Waals surface area contributed by atoms with Crippen molar-refractivity contribution in [3.05, 3.63) is 35.9 Å². The molecule has 1 N–H and O–H groups in total. The van der Waals surface area contributed by atoms with E-state index in [-0.39, 0.29) is 6.10 Å². The maximum absolute atomic E-state index is 9.92. The molecule has 90 valence electrons. The van der Waals surface area contributed by atoms with Gasteiger partial charge in [0.25, 0.3) is 0 Å². The Hall–Kier alpha value is -0.860. The SMILES string of the molecule is CCN(CC)CCC(O)Cc1ccccc1. The van der Waals surface area contributed by atoms with Gasteiger partial charge in [0.2, 0.25) is 0 Å². The second-order valence-electron chi connectivity index (χ2n) is 4.16. The minimum Gasteiger partial charge on any atom is -0.393 e. The number of aliphatic hydroxyl groups is 1. The Kier molecular flexibility index (Phi) is 6.12. The maximum Gasteiger partial charge on any atom is 0.0592 e. The zero-order valence-electron chi connectivity index (χ0n) is 10.4. The van der Waals surface area contributed by atoms with Crippen molar-refractivity contribution in [2.24, 2.45) is 0 Å². The van der Waals surface area contributed by atoms with Crippen molar-refractivity contribution in [1.82, 2.24) is 4.90 Å². The fraction of sp³-hybridized carbons (Fsp3) is 0.571. The summed E-state index contributed by atoms with van der Waals surface area (Å²) in [4.78, 5) is 2.34. The summed E-state index contributed by atoms with van der Waals surface area (Å²) in [6.07, 6.45) is 1.40. The molecular formula is C14H23NO. The van der Waals surface area contributed by atoms with Crippen LogP contribution in [0.25, 0.3) is 0 Å². The maximum atomic E-state index is 9.92. The average Bonchev–Trinajstić information content (AvgIpc) is 2.31. The Labute approximate surface area is 98.9 Å². The summed E-state index contributed by atoms with van der Waals surface area (Å²) in [7, 11) is 0. The van der Waals surface area contributed by atoms with Crippen LogP contribution in [0.15, 0.2) is 30.3 Å². The van der Waals surface area contributed by atoms with Crippen LogP contribution in [0.1, 0.15) is 25.8 Å². The van der Waals surface area contributed by atoms with Gasteiger partial charge in [0.15, 0.2) is 0 Å². The van der Waals surface area contributed by atoms with Gasteiger partial charge in [-0.25, -0.2) is 0 Å². The number of aliphatic hydroxyl groups excluding tert-OH is 1. The van der Waals surface area contributed by atoms with E-state index in [1.165, 1.54) is 5.56 Å². The van der Waals surface area contributed by atoms with Crippen LogP contribution in [0.3, 0.4) is 0 Å². The van der Waals surface area contributed by atoms with E-state index < -0.39 is 0 Å². The predicted octanol–water partition coefficient (Wildman–Crippen LogP) is 2.32. The van der Waals surface area contributed by atoms with Crippen molar-refractivity contribution in [2.75, 3.05) is 19.6 Å². The van der Waals surface area contributed by atoms with Gasteiger partial charge in [-0.3, -0.25) is 0 Å². The molecule has 1 rings (SSSR count). The van der Waals surface area contributed by atoms with Gasteiger partial charge in [-0.2, -0.15) is 0 Å². The molecule has 0 heterocycles. The molecule has 2 nitrogen and oxygen atoms in total. The fourth-order valence-electron chi connectivity index (χ4n) is 1.86. The molecule has 0 fully saturated rings. The third kappa shape index (κ3) is 4.77. The fourth-order valence-corrected chi connectivity index (χ4v) is 1.86. The van der Waals surface area contributed by atoms with E-state index in [1.807, 2.05) is 18.2 Å². The minimum absolute atomic E-state index is 0.219. The van der Waals surface area contributed by atoms with Gasteiger partial charge in [0.05, 0.1) is 6.10 Å². The van der Waals surface area contributed by atoms with E-state index in [2.05, 4.69) is 30.9 Å². The van der Waals surface area contributed by atoms with Gasteiger partial charge in [0, 0.05) is 6.54 Å². The van der Waals surface area contributed by atoms with Crippen molar-refractivity contribution in [2.45, 2.75) is 32.8 Å². The number of nitrogens with zero attached hydrogens (tertiary/aromatic N) is 1. The summed E-state index contributed by atoms with van der Waals surface area (Å²) in [5, 5.41) is 9.92. The average molecular weight is 221 g/mol. The topological polar surface area (TPSA) is 23.5 Å². The lowest BCUT2D eigenvalue weighted by Crippen LogP contribution is -2.27. The highest BCUT2D eigenvalue weighted by Crippen LogP contribution is 2.06. The van der Waals surface area contributed by atoms with Crippen molar-refractivity contribution in [1.29, 1.82) is 0 Å². The highest BCUT2D eigenvalue weighted by Gasteiger charge is 2.07. The predicted molar refractivity (Wildman–Crippen MR) is 68.6 cm³/mol. The molecule has 2 heteroatoms. The number of hydrogen-bond acceptors (Lipinski definition) is 2. The molecule has 0 amide bonds. The van der Waals surface area contributed by atoms with Gasteiger partial charge in [0.1, 0.15) is 0 Å². The highest BCUT2D eigenvalue weighted by molar-refractivity contribution is 5.15. The van der Waals surface area contributed by atoms with Gasteiger partial charge in [-0.05, 0) is 31.5 Å². The van der Waals surface area contributed by atoms with Gasteiger partial charge in [-0.15, -0.1) is 0 Å². The third-order valence-electron chi connectivity index (χ3n) is 2.99. The Bertz CT molecular complexity index is 269. The molecule has 16 heavy (non-hydrogen) atoms. The summed E-state index contributed by atoms with van der Waals surface area (Å²) in [5.41, 5.74) is 1.22. The third-order valence-corrected chi connectivity index (χ3v) is 2.99. The molecule has 0 aliphatic carbocycles. The Balaban J connectivity index is 2.28. The van der Waals surface area contributed by atoms with Crippen LogP contribution in [-0.2, 0) is 6.42 Å². The number of hydrogen-bond donors (Lipinski definition) is 1. The molecule has 1 aromatic rings. The van der Waals surface area contributed by atoms with Crippen LogP contribution in [0.4, 0.5) is 0 Å². The minimum atomic E-state index is -0.219. The van der Waals surface area contributed by atoms with Crippen molar-refractivity contribution in [3.8, 4) is 0 Å². The zero-order valence-corrected chi connectivity index (χ0v) is 10.4. The van der Waals surface area contributed by atoms with E-state index in [9.17, 15) is 5.11 Å². The summed E-state index contributed by atoms with van der Waals surface area (Å²) in [5.74, 6) is 0. The zero-order chi connectivity index (χ0) is 11.8. The second kappa shape index (κ2) is 7.42. The summed E-state index contributed by atoms with van der Waals surface area (Å²) < 4.78 is 0. The van der Waals surface area contributed by atoms with Gasteiger partial charge < -0.3 is 10.0 Å². The molecule has 0 radical (unpaired) electrons. The number of benzene rings is 1. The van der Waals surface area contributed by atoms with E-state index >= 15 is 0 Å². The van der Waals surface area contributed by atoms with Crippen LogP contribution < -0.4 is 0 Å². The van der Waals surface area contributed by atoms with Crippen LogP contribution in [0.5, 0.6) is 0 Å². The standard InChI is InChI=1S/C14H23NO/c1-3-15(4-2)11-10-14(16)12-13-8-6-5-7-9-13/h5-9,14,16H,3-4,10-12H2,1-2H3. The molecule has 1 aromatic carbocycles. The Morgan fingerprint density at radius 1 is 1.12 bits per heavy atom. The van der Waals surface area contributed by atoms with Crippen molar-refractivity contribution < 1.29 is 5.11 Å². The van der Waals surface area contributed by atoms with E-state index in [4.69, 9.17) is 0 Å². The van der Waals surface area contributed by atoms with E-state index in [0.717, 1.165) is 32.5 Å². The smallest absolute Gasteiger partial charge is 0.0592 e. The molecule has 0 aliphatic rings. The van der Waals surface area contributed by atoms with Crippen LogP contribution in [0, 0.1) is 0 Å². The lowest BCUT2D eigenvalue weighted by Gasteiger charge is -2.20.